The molecule has 0 radical (unpaired) electrons. The fourth-order valence-electron chi connectivity index (χ4n) is 4.58. The first kappa shape index (κ1) is 24.4. The van der Waals surface area contributed by atoms with E-state index in [1.807, 2.05) is 43.3 Å². The van der Waals surface area contributed by atoms with Gasteiger partial charge in [-0.1, -0.05) is 72.3 Å². The summed E-state index contributed by atoms with van der Waals surface area (Å²) < 4.78 is 27.3. The summed E-state index contributed by atoms with van der Waals surface area (Å²) >= 11 is 6.01. The van der Waals surface area contributed by atoms with Gasteiger partial charge >= 0.3 is 0 Å². The number of carbonyl (C=O) groups excluding carboxylic acids is 1. The van der Waals surface area contributed by atoms with E-state index >= 15 is 0 Å². The van der Waals surface area contributed by atoms with Gasteiger partial charge in [0, 0.05) is 37.2 Å². The van der Waals surface area contributed by atoms with Gasteiger partial charge in [0.2, 0.25) is 15.9 Å². The van der Waals surface area contributed by atoms with E-state index in [-0.39, 0.29) is 46.9 Å². The quantitative estimate of drug-likeness (QED) is 0.488. The zero-order valence-corrected chi connectivity index (χ0v) is 20.5. The number of piperidine rings is 1. The second kappa shape index (κ2) is 10.7. The number of nitrogens with zero attached hydrogens (tertiary/aromatic N) is 2. The minimum Gasteiger partial charge on any atom is -0.352 e. The first-order valence-electron chi connectivity index (χ1n) is 11.4. The number of benzene rings is 2. The van der Waals surface area contributed by atoms with E-state index < -0.39 is 10.0 Å². The Morgan fingerprint density at radius 3 is 2.06 bits per heavy atom. The number of sulfonamides is 1. The van der Waals surface area contributed by atoms with E-state index in [1.165, 1.54) is 16.6 Å². The van der Waals surface area contributed by atoms with Gasteiger partial charge in [-0.15, -0.1) is 0 Å². The Morgan fingerprint density at radius 2 is 1.53 bits per heavy atom. The summed E-state index contributed by atoms with van der Waals surface area (Å²) in [7, 11) is -3.74. The van der Waals surface area contributed by atoms with Crippen LogP contribution in [0.25, 0.3) is 0 Å². The number of carbonyl (C=O) groups is 1. The molecule has 1 aliphatic rings. The lowest BCUT2D eigenvalue weighted by Gasteiger charge is -2.32. The molecule has 1 atom stereocenters. The molecule has 1 saturated heterocycles. The van der Waals surface area contributed by atoms with Gasteiger partial charge in [-0.3, -0.25) is 4.79 Å². The smallest absolute Gasteiger partial charge is 0.246 e. The van der Waals surface area contributed by atoms with Crippen molar-refractivity contribution in [3.8, 4) is 0 Å². The molecule has 178 valence electrons. The number of rotatable bonds is 7. The van der Waals surface area contributed by atoms with Crippen LogP contribution >= 0.6 is 11.6 Å². The van der Waals surface area contributed by atoms with Gasteiger partial charge in [0.25, 0.3) is 0 Å². The molecule has 1 aliphatic heterocycles. The first-order valence-corrected chi connectivity index (χ1v) is 13.2. The predicted molar refractivity (Wildman–Crippen MR) is 133 cm³/mol. The zero-order chi connectivity index (χ0) is 24.1. The van der Waals surface area contributed by atoms with Crippen LogP contribution in [0.2, 0.25) is 5.15 Å². The van der Waals surface area contributed by atoms with E-state index in [2.05, 4.69) is 34.6 Å². The number of hydrogen-bond donors (Lipinski definition) is 1. The minimum atomic E-state index is -3.74. The Kier molecular flexibility index (Phi) is 7.66. The number of hydrogen-bond acceptors (Lipinski definition) is 4. The average Bonchev–Trinajstić information content (AvgIpc) is 2.86. The van der Waals surface area contributed by atoms with E-state index in [1.54, 1.807) is 6.07 Å². The van der Waals surface area contributed by atoms with E-state index in [0.29, 0.717) is 12.8 Å². The maximum absolute atomic E-state index is 13.1. The van der Waals surface area contributed by atoms with Gasteiger partial charge in [0.05, 0.1) is 0 Å². The lowest BCUT2D eigenvalue weighted by Crippen LogP contribution is -2.46. The van der Waals surface area contributed by atoms with Crippen LogP contribution in [-0.4, -0.2) is 42.7 Å². The normalized spacial score (nSPS) is 16.3. The molecule has 1 fully saturated rings. The topological polar surface area (TPSA) is 79.4 Å². The number of aromatic nitrogens is 1. The summed E-state index contributed by atoms with van der Waals surface area (Å²) in [6.07, 6.45) is 2.37. The van der Waals surface area contributed by atoms with Gasteiger partial charge in [-0.25, -0.2) is 13.4 Å². The zero-order valence-electron chi connectivity index (χ0n) is 19.0. The molecule has 8 heteroatoms. The summed E-state index contributed by atoms with van der Waals surface area (Å²) in [5.74, 6) is -0.272. The summed E-state index contributed by atoms with van der Waals surface area (Å²) in [4.78, 5) is 17.0. The first-order chi connectivity index (χ1) is 16.4. The highest BCUT2D eigenvalue weighted by Crippen LogP contribution is 2.30. The summed E-state index contributed by atoms with van der Waals surface area (Å²) in [6.45, 7) is 2.55. The summed E-state index contributed by atoms with van der Waals surface area (Å²) in [6, 6.07) is 23.2. The van der Waals surface area contributed by atoms with Crippen molar-refractivity contribution in [3.05, 3.63) is 95.3 Å². The van der Waals surface area contributed by atoms with Crippen molar-refractivity contribution in [2.75, 3.05) is 13.1 Å². The molecule has 1 aromatic heterocycles. The third-order valence-corrected chi connectivity index (χ3v) is 8.70. The highest BCUT2D eigenvalue weighted by atomic mass is 35.5. The molecule has 0 spiro atoms. The third kappa shape index (κ3) is 5.32. The van der Waals surface area contributed by atoms with Gasteiger partial charge in [-0.05, 0) is 43.0 Å². The Balaban J connectivity index is 1.43. The van der Waals surface area contributed by atoms with Crippen LogP contribution in [-0.2, 0) is 14.8 Å². The van der Waals surface area contributed by atoms with Crippen molar-refractivity contribution >= 4 is 27.5 Å². The number of halogens is 1. The maximum atomic E-state index is 13.1. The molecule has 2 heterocycles. The van der Waals surface area contributed by atoms with Crippen molar-refractivity contribution in [1.29, 1.82) is 0 Å². The lowest BCUT2D eigenvalue weighted by molar-refractivity contribution is -0.126. The second-order valence-electron chi connectivity index (χ2n) is 8.57. The molecule has 6 nitrogen and oxygen atoms in total. The van der Waals surface area contributed by atoms with Crippen LogP contribution in [0.15, 0.2) is 83.9 Å². The molecule has 1 N–H and O–H groups in total. The van der Waals surface area contributed by atoms with Crippen molar-refractivity contribution in [1.82, 2.24) is 14.6 Å². The molecular formula is C26H28ClN3O3S. The molecule has 0 bridgehead atoms. The van der Waals surface area contributed by atoms with Crippen molar-refractivity contribution < 1.29 is 13.2 Å². The van der Waals surface area contributed by atoms with Gasteiger partial charge < -0.3 is 5.32 Å². The fourth-order valence-corrected chi connectivity index (χ4v) is 6.47. The highest BCUT2D eigenvalue weighted by molar-refractivity contribution is 7.89. The molecule has 1 unspecified atom stereocenters. The lowest BCUT2D eigenvalue weighted by atomic mass is 9.85. The standard InChI is InChI=1S/C26H28ClN3O3S/c1-19(24(20-9-4-2-5-10-20)21-11-6-3-7-12-21)29-26(31)22-14-17-30(18-15-22)34(32,33)23-13-8-16-28-25(23)27/h2-13,16,19,22,24H,14-15,17-18H2,1H3,(H,29,31). The Labute approximate surface area is 206 Å². The Hall–Kier alpha value is -2.74. The van der Waals surface area contributed by atoms with Crippen molar-refractivity contribution in [3.63, 3.8) is 0 Å². The van der Waals surface area contributed by atoms with Gasteiger partial charge in [-0.2, -0.15) is 4.31 Å². The molecule has 1 amide bonds. The second-order valence-corrected chi connectivity index (χ2v) is 10.8. The number of nitrogens with one attached hydrogen (secondary N) is 1. The van der Waals surface area contributed by atoms with Crippen LogP contribution in [0.3, 0.4) is 0 Å². The predicted octanol–water partition coefficient (Wildman–Crippen LogP) is 4.47. The maximum Gasteiger partial charge on any atom is 0.246 e. The minimum absolute atomic E-state index is 0.00162. The summed E-state index contributed by atoms with van der Waals surface area (Å²) in [5.41, 5.74) is 2.27. The molecule has 34 heavy (non-hydrogen) atoms. The fraction of sp³-hybridized carbons (Fsp3) is 0.308. The van der Waals surface area contributed by atoms with Crippen LogP contribution in [0.1, 0.15) is 36.8 Å². The van der Waals surface area contributed by atoms with E-state index in [0.717, 1.165) is 11.1 Å². The molecule has 0 aliphatic carbocycles. The largest absolute Gasteiger partial charge is 0.352 e. The number of pyridine rings is 1. The summed E-state index contributed by atoms with van der Waals surface area (Å²) in [5, 5.41) is 3.17. The van der Waals surface area contributed by atoms with Gasteiger partial charge in [0.1, 0.15) is 10.0 Å². The van der Waals surface area contributed by atoms with E-state index in [9.17, 15) is 13.2 Å². The monoisotopic (exact) mass is 497 g/mol. The third-order valence-electron chi connectivity index (χ3n) is 6.35. The van der Waals surface area contributed by atoms with Crippen molar-refractivity contribution in [2.45, 2.75) is 36.6 Å². The molecular weight excluding hydrogens is 470 g/mol. The molecule has 2 aromatic carbocycles. The Morgan fingerprint density at radius 1 is 0.971 bits per heavy atom. The number of amides is 1. The van der Waals surface area contributed by atoms with Crippen LogP contribution < -0.4 is 5.32 Å². The van der Waals surface area contributed by atoms with Crippen LogP contribution in [0.4, 0.5) is 0 Å². The molecule has 0 saturated carbocycles. The highest BCUT2D eigenvalue weighted by Gasteiger charge is 2.34. The van der Waals surface area contributed by atoms with Gasteiger partial charge in [0.15, 0.2) is 0 Å². The average molecular weight is 498 g/mol. The molecule has 4 rings (SSSR count). The van der Waals surface area contributed by atoms with Crippen molar-refractivity contribution in [2.24, 2.45) is 5.92 Å². The van der Waals surface area contributed by atoms with E-state index in [4.69, 9.17) is 11.6 Å². The van der Waals surface area contributed by atoms with Crippen LogP contribution in [0.5, 0.6) is 0 Å². The SMILES string of the molecule is CC(NC(=O)C1CCN(S(=O)(=O)c2cccnc2Cl)CC1)C(c1ccccc1)c1ccccc1. The Bertz CT molecular complexity index is 1170. The molecule has 3 aromatic rings. The van der Waals surface area contributed by atoms with Crippen LogP contribution in [0, 0.1) is 5.92 Å².